The van der Waals surface area contributed by atoms with E-state index < -0.39 is 17.4 Å². The molecule has 5 heteroatoms. The molecule has 1 aromatic carbocycles. The fourth-order valence-electron chi connectivity index (χ4n) is 2.13. The average molecular weight is 269 g/mol. The molecule has 104 valence electrons. The molecule has 1 aliphatic rings. The number of nitrogens with one attached hydrogen (secondary N) is 1. The summed E-state index contributed by atoms with van der Waals surface area (Å²) in [5.41, 5.74) is -0.200. The molecule has 0 radical (unpaired) electrons. The van der Waals surface area contributed by atoms with E-state index in [9.17, 15) is 13.6 Å². The maximum atomic E-state index is 13.4. The molecule has 0 unspecified atom stereocenters. The first-order chi connectivity index (χ1) is 9.18. The molecule has 1 fully saturated rings. The number of rotatable bonds is 5. The van der Waals surface area contributed by atoms with Gasteiger partial charge >= 0.3 is 0 Å². The standard InChI is InChI=1S/C14H17F2NO2/c15-12-3-1-2-11(14(12)16)13(18)6-9-19-10-4-7-17-8-5-10/h1-3,10,17H,4-9H2. The lowest BCUT2D eigenvalue weighted by Crippen LogP contribution is -2.32. The Labute approximate surface area is 111 Å². The highest BCUT2D eigenvalue weighted by molar-refractivity contribution is 5.96. The maximum absolute atomic E-state index is 13.4. The summed E-state index contributed by atoms with van der Waals surface area (Å²) >= 11 is 0. The number of carbonyl (C=O) groups excluding carboxylic acids is 1. The van der Waals surface area contributed by atoms with Crippen LogP contribution in [0.2, 0.25) is 0 Å². The number of ether oxygens (including phenoxy) is 1. The zero-order valence-electron chi connectivity index (χ0n) is 10.6. The van der Waals surface area contributed by atoms with Crippen molar-refractivity contribution in [3.63, 3.8) is 0 Å². The summed E-state index contributed by atoms with van der Waals surface area (Å²) in [6.45, 7) is 2.08. The highest BCUT2D eigenvalue weighted by atomic mass is 19.2. The smallest absolute Gasteiger partial charge is 0.169 e. The summed E-state index contributed by atoms with van der Waals surface area (Å²) < 4.78 is 31.9. The van der Waals surface area contributed by atoms with E-state index in [2.05, 4.69) is 5.32 Å². The number of halogens is 2. The van der Waals surface area contributed by atoms with Crippen LogP contribution in [0.1, 0.15) is 29.6 Å². The van der Waals surface area contributed by atoms with E-state index in [1.165, 1.54) is 12.1 Å². The molecule has 0 amide bonds. The van der Waals surface area contributed by atoms with Crippen molar-refractivity contribution in [2.24, 2.45) is 0 Å². The largest absolute Gasteiger partial charge is 0.378 e. The first-order valence-corrected chi connectivity index (χ1v) is 6.48. The van der Waals surface area contributed by atoms with Gasteiger partial charge in [-0.2, -0.15) is 0 Å². The second-order valence-electron chi connectivity index (χ2n) is 4.59. The van der Waals surface area contributed by atoms with Crippen molar-refractivity contribution in [3.05, 3.63) is 35.4 Å². The van der Waals surface area contributed by atoms with Gasteiger partial charge in [-0.1, -0.05) is 6.07 Å². The van der Waals surface area contributed by atoms with Gasteiger partial charge in [0, 0.05) is 6.42 Å². The van der Waals surface area contributed by atoms with Crippen LogP contribution < -0.4 is 5.32 Å². The van der Waals surface area contributed by atoms with Gasteiger partial charge in [0.05, 0.1) is 18.3 Å². The predicted octanol–water partition coefficient (Wildman–Crippen LogP) is 2.31. The lowest BCUT2D eigenvalue weighted by Gasteiger charge is -2.22. The number of hydrogen-bond donors (Lipinski definition) is 1. The molecule has 1 N–H and O–H groups in total. The van der Waals surface area contributed by atoms with Gasteiger partial charge in [-0.05, 0) is 38.1 Å². The molecule has 0 aromatic heterocycles. The number of Topliss-reactive ketones (excluding diaryl/α,β-unsaturated/α-hetero) is 1. The van der Waals surface area contributed by atoms with Crippen LogP contribution in [0, 0.1) is 11.6 Å². The molecule has 0 atom stereocenters. The third kappa shape index (κ3) is 3.81. The van der Waals surface area contributed by atoms with E-state index in [4.69, 9.17) is 4.74 Å². The van der Waals surface area contributed by atoms with Crippen molar-refractivity contribution in [1.82, 2.24) is 5.32 Å². The van der Waals surface area contributed by atoms with Gasteiger partial charge in [0.25, 0.3) is 0 Å². The molecule has 0 spiro atoms. The Morgan fingerprint density at radius 3 is 2.79 bits per heavy atom. The van der Waals surface area contributed by atoms with E-state index in [1.54, 1.807) is 0 Å². The Kier molecular flexibility index (Phi) is 4.99. The summed E-state index contributed by atoms with van der Waals surface area (Å²) in [6, 6.07) is 3.63. The Hall–Kier alpha value is -1.33. The predicted molar refractivity (Wildman–Crippen MR) is 67.1 cm³/mol. The second kappa shape index (κ2) is 6.73. The normalized spacial score (nSPS) is 16.5. The van der Waals surface area contributed by atoms with Crippen LogP contribution in [0.5, 0.6) is 0 Å². The van der Waals surface area contributed by atoms with E-state index in [-0.39, 0.29) is 24.7 Å². The van der Waals surface area contributed by atoms with Gasteiger partial charge in [-0.3, -0.25) is 4.79 Å². The Bertz CT molecular complexity index is 445. The number of piperidine rings is 1. The summed E-state index contributed by atoms with van der Waals surface area (Å²) in [5, 5.41) is 3.22. The Morgan fingerprint density at radius 2 is 2.05 bits per heavy atom. The molecule has 0 bridgehead atoms. The van der Waals surface area contributed by atoms with Crippen molar-refractivity contribution >= 4 is 5.78 Å². The van der Waals surface area contributed by atoms with Gasteiger partial charge in [-0.25, -0.2) is 8.78 Å². The van der Waals surface area contributed by atoms with Crippen molar-refractivity contribution in [3.8, 4) is 0 Å². The van der Waals surface area contributed by atoms with Gasteiger partial charge < -0.3 is 10.1 Å². The maximum Gasteiger partial charge on any atom is 0.169 e. The quantitative estimate of drug-likeness (QED) is 0.834. The molecule has 1 aromatic rings. The summed E-state index contributed by atoms with van der Waals surface area (Å²) in [4.78, 5) is 11.8. The van der Waals surface area contributed by atoms with Gasteiger partial charge in [0.15, 0.2) is 17.4 Å². The van der Waals surface area contributed by atoms with E-state index in [0.29, 0.717) is 0 Å². The molecule has 0 aliphatic carbocycles. The Morgan fingerprint density at radius 1 is 1.32 bits per heavy atom. The molecule has 2 rings (SSSR count). The molecule has 19 heavy (non-hydrogen) atoms. The zero-order valence-corrected chi connectivity index (χ0v) is 10.6. The highest BCUT2D eigenvalue weighted by Crippen LogP contribution is 2.14. The topological polar surface area (TPSA) is 38.3 Å². The SMILES string of the molecule is O=C(CCOC1CCNCC1)c1cccc(F)c1F. The van der Waals surface area contributed by atoms with Gasteiger partial charge in [0.1, 0.15) is 0 Å². The van der Waals surface area contributed by atoms with Crippen molar-refractivity contribution in [2.45, 2.75) is 25.4 Å². The van der Waals surface area contributed by atoms with Crippen LogP contribution >= 0.6 is 0 Å². The molecule has 0 saturated carbocycles. The number of ketones is 1. The van der Waals surface area contributed by atoms with Crippen molar-refractivity contribution in [1.29, 1.82) is 0 Å². The lowest BCUT2D eigenvalue weighted by molar-refractivity contribution is 0.0313. The third-order valence-electron chi connectivity index (χ3n) is 3.22. The van der Waals surface area contributed by atoms with Crippen LogP contribution in [0.25, 0.3) is 0 Å². The van der Waals surface area contributed by atoms with Crippen LogP contribution in [-0.4, -0.2) is 31.6 Å². The monoisotopic (exact) mass is 269 g/mol. The molecular formula is C14H17F2NO2. The summed E-state index contributed by atoms with van der Waals surface area (Å²) in [5.74, 6) is -2.49. The minimum absolute atomic E-state index is 0.0737. The molecular weight excluding hydrogens is 252 g/mol. The lowest BCUT2D eigenvalue weighted by atomic mass is 10.1. The highest BCUT2D eigenvalue weighted by Gasteiger charge is 2.17. The fourth-order valence-corrected chi connectivity index (χ4v) is 2.13. The van der Waals surface area contributed by atoms with Crippen molar-refractivity contribution < 1.29 is 18.3 Å². The van der Waals surface area contributed by atoms with Crippen LogP contribution in [0.3, 0.4) is 0 Å². The summed E-state index contributed by atoms with van der Waals surface area (Å²) in [6.07, 6.45) is 2.07. The van der Waals surface area contributed by atoms with Crippen LogP contribution in [0.4, 0.5) is 8.78 Å². The first-order valence-electron chi connectivity index (χ1n) is 6.48. The second-order valence-corrected chi connectivity index (χ2v) is 4.59. The number of benzene rings is 1. The summed E-state index contributed by atoms with van der Waals surface area (Å²) in [7, 11) is 0. The molecule has 1 saturated heterocycles. The van der Waals surface area contributed by atoms with Gasteiger partial charge in [-0.15, -0.1) is 0 Å². The Balaban J connectivity index is 1.82. The van der Waals surface area contributed by atoms with E-state index in [1.807, 2.05) is 0 Å². The van der Waals surface area contributed by atoms with Crippen LogP contribution in [-0.2, 0) is 4.74 Å². The van der Waals surface area contributed by atoms with Gasteiger partial charge in [0.2, 0.25) is 0 Å². The van der Waals surface area contributed by atoms with E-state index >= 15 is 0 Å². The minimum atomic E-state index is -1.07. The molecule has 3 nitrogen and oxygen atoms in total. The number of hydrogen-bond acceptors (Lipinski definition) is 3. The van der Waals surface area contributed by atoms with Crippen molar-refractivity contribution in [2.75, 3.05) is 19.7 Å². The zero-order chi connectivity index (χ0) is 13.7. The number of carbonyl (C=O) groups is 1. The average Bonchev–Trinajstić information content (AvgIpc) is 2.43. The first kappa shape index (κ1) is 14.1. The fraction of sp³-hybridized carbons (Fsp3) is 0.500. The third-order valence-corrected chi connectivity index (χ3v) is 3.22. The molecule has 1 aliphatic heterocycles. The minimum Gasteiger partial charge on any atom is -0.378 e. The van der Waals surface area contributed by atoms with E-state index in [0.717, 1.165) is 32.0 Å². The molecule has 1 heterocycles. The van der Waals surface area contributed by atoms with Crippen LogP contribution in [0.15, 0.2) is 18.2 Å².